The third-order valence-corrected chi connectivity index (χ3v) is 6.22. The van der Waals surface area contributed by atoms with E-state index >= 15 is 0 Å². The number of ether oxygens (including phenoxy) is 1. The zero-order valence-electron chi connectivity index (χ0n) is 15.5. The van der Waals surface area contributed by atoms with Crippen LogP contribution in [0.1, 0.15) is 45.6 Å². The van der Waals surface area contributed by atoms with E-state index in [9.17, 15) is 13.2 Å². The van der Waals surface area contributed by atoms with Gasteiger partial charge in [0.15, 0.2) is 0 Å². The van der Waals surface area contributed by atoms with Gasteiger partial charge in [0.1, 0.15) is 5.60 Å². The Labute approximate surface area is 160 Å². The average Bonchev–Trinajstić information content (AvgIpc) is 2.53. The molecule has 2 rings (SSSR count). The van der Waals surface area contributed by atoms with E-state index in [1.54, 1.807) is 45.0 Å². The lowest BCUT2D eigenvalue weighted by Gasteiger charge is -2.35. The first-order valence-corrected chi connectivity index (χ1v) is 10.8. The van der Waals surface area contributed by atoms with Gasteiger partial charge in [-0.25, -0.2) is 13.2 Å². The number of piperidine rings is 1. The van der Waals surface area contributed by atoms with Crippen LogP contribution in [0.5, 0.6) is 0 Å². The molecule has 0 unspecified atom stereocenters. The fourth-order valence-electron chi connectivity index (χ4n) is 2.93. The van der Waals surface area contributed by atoms with Gasteiger partial charge in [-0.15, -0.1) is 0 Å². The highest BCUT2D eigenvalue weighted by Crippen LogP contribution is 2.23. The van der Waals surface area contributed by atoms with E-state index < -0.39 is 21.7 Å². The van der Waals surface area contributed by atoms with E-state index in [1.165, 1.54) is 4.31 Å². The Hall–Kier alpha value is -1.31. The molecule has 8 heteroatoms. The van der Waals surface area contributed by atoms with Gasteiger partial charge in [0.25, 0.3) is 0 Å². The second-order valence-corrected chi connectivity index (χ2v) is 9.88. The number of hydrogen-bond donors (Lipinski definition) is 1. The number of rotatable bonds is 5. The molecule has 1 fully saturated rings. The van der Waals surface area contributed by atoms with Gasteiger partial charge in [0.05, 0.1) is 5.75 Å². The monoisotopic (exact) mass is 402 g/mol. The van der Waals surface area contributed by atoms with Crippen LogP contribution >= 0.6 is 11.6 Å². The van der Waals surface area contributed by atoms with Crippen LogP contribution < -0.4 is 5.32 Å². The lowest BCUT2D eigenvalue weighted by Crippen LogP contribution is -2.50. The standard InChI is InChI=1S/C18H27ClN2O4S/c1-18(2,3)25-17(22)20-12-16-6-4-5-11-21(16)26(23,24)13-14-7-9-15(19)10-8-14/h7-10,16H,4-6,11-13H2,1-3H3,(H,20,22)/t16-/m0/s1. The van der Waals surface area contributed by atoms with Crippen molar-refractivity contribution < 1.29 is 17.9 Å². The number of sulfonamides is 1. The molecule has 1 aromatic rings. The summed E-state index contributed by atoms with van der Waals surface area (Å²) >= 11 is 5.86. The van der Waals surface area contributed by atoms with Gasteiger partial charge >= 0.3 is 6.09 Å². The molecule has 146 valence electrons. The molecule has 1 aliphatic heterocycles. The SMILES string of the molecule is CC(C)(C)OC(=O)NC[C@@H]1CCCCN1S(=O)(=O)Cc1ccc(Cl)cc1. The number of alkyl carbamates (subject to hydrolysis) is 1. The Balaban J connectivity index is 2.02. The first kappa shape index (κ1) is 21.0. The van der Waals surface area contributed by atoms with E-state index in [2.05, 4.69) is 5.32 Å². The van der Waals surface area contributed by atoms with Crippen LogP contribution in [-0.4, -0.2) is 43.5 Å². The molecule has 0 aliphatic carbocycles. The highest BCUT2D eigenvalue weighted by molar-refractivity contribution is 7.88. The molecule has 1 aliphatic rings. The summed E-state index contributed by atoms with van der Waals surface area (Å²) < 4.78 is 32.5. The number of hydrogen-bond acceptors (Lipinski definition) is 4. The first-order valence-electron chi connectivity index (χ1n) is 8.78. The predicted molar refractivity (Wildman–Crippen MR) is 103 cm³/mol. The quantitative estimate of drug-likeness (QED) is 0.817. The molecule has 1 saturated heterocycles. The minimum absolute atomic E-state index is 0.0763. The lowest BCUT2D eigenvalue weighted by atomic mass is 10.1. The highest BCUT2D eigenvalue weighted by atomic mass is 35.5. The smallest absolute Gasteiger partial charge is 0.407 e. The van der Waals surface area contributed by atoms with Crippen molar-refractivity contribution >= 4 is 27.7 Å². The number of carbonyl (C=O) groups is 1. The molecule has 1 heterocycles. The predicted octanol–water partition coefficient (Wildman–Crippen LogP) is 3.55. The van der Waals surface area contributed by atoms with Crippen LogP contribution in [0.25, 0.3) is 0 Å². The van der Waals surface area contributed by atoms with Crippen LogP contribution in [0.4, 0.5) is 4.79 Å². The maximum atomic E-state index is 12.9. The number of benzene rings is 1. The van der Waals surface area contributed by atoms with Crippen molar-refractivity contribution in [3.8, 4) is 0 Å². The van der Waals surface area contributed by atoms with Crippen molar-refractivity contribution in [3.63, 3.8) is 0 Å². The average molecular weight is 403 g/mol. The van der Waals surface area contributed by atoms with Crippen molar-refractivity contribution in [1.29, 1.82) is 0 Å². The maximum Gasteiger partial charge on any atom is 0.407 e. The summed E-state index contributed by atoms with van der Waals surface area (Å²) in [4.78, 5) is 11.9. The normalized spacial score (nSPS) is 19.2. The Morgan fingerprint density at radius 1 is 1.27 bits per heavy atom. The molecule has 0 radical (unpaired) electrons. The van der Waals surface area contributed by atoms with Gasteiger partial charge in [0.2, 0.25) is 10.0 Å². The Bertz CT molecular complexity index is 714. The number of carbonyl (C=O) groups excluding carboxylic acids is 1. The third-order valence-electron chi connectivity index (χ3n) is 4.07. The fraction of sp³-hybridized carbons (Fsp3) is 0.611. The van der Waals surface area contributed by atoms with E-state index in [1.807, 2.05) is 0 Å². The van der Waals surface area contributed by atoms with Crippen LogP contribution in [0.3, 0.4) is 0 Å². The second kappa shape index (κ2) is 8.59. The molecule has 0 saturated carbocycles. The van der Waals surface area contributed by atoms with Crippen molar-refractivity contribution in [2.75, 3.05) is 13.1 Å². The largest absolute Gasteiger partial charge is 0.444 e. The second-order valence-electron chi connectivity index (χ2n) is 7.53. The lowest BCUT2D eigenvalue weighted by molar-refractivity contribution is 0.0512. The minimum atomic E-state index is -3.48. The molecule has 1 aromatic carbocycles. The molecule has 1 N–H and O–H groups in total. The van der Waals surface area contributed by atoms with Crippen molar-refractivity contribution in [3.05, 3.63) is 34.9 Å². The Kier molecular flexibility index (Phi) is 6.93. The summed E-state index contributed by atoms with van der Waals surface area (Å²) in [5.41, 5.74) is 0.107. The fourth-order valence-corrected chi connectivity index (χ4v) is 4.88. The van der Waals surface area contributed by atoms with Crippen LogP contribution in [0.15, 0.2) is 24.3 Å². The minimum Gasteiger partial charge on any atom is -0.444 e. The topological polar surface area (TPSA) is 75.7 Å². The first-order chi connectivity index (χ1) is 12.1. The summed E-state index contributed by atoms with van der Waals surface area (Å²) in [6, 6.07) is 6.55. The number of nitrogens with one attached hydrogen (secondary N) is 1. The van der Waals surface area contributed by atoms with E-state index in [-0.39, 0.29) is 18.3 Å². The molecular formula is C18H27ClN2O4S. The molecule has 1 atom stereocenters. The molecule has 0 bridgehead atoms. The molecule has 0 aromatic heterocycles. The summed E-state index contributed by atoms with van der Waals surface area (Å²) in [7, 11) is -3.48. The van der Waals surface area contributed by atoms with Gasteiger partial charge < -0.3 is 10.1 Å². The van der Waals surface area contributed by atoms with Gasteiger partial charge in [-0.2, -0.15) is 4.31 Å². The summed E-state index contributed by atoms with van der Waals surface area (Å²) in [5.74, 6) is -0.0763. The summed E-state index contributed by atoms with van der Waals surface area (Å²) in [6.07, 6.45) is 1.95. The van der Waals surface area contributed by atoms with Crippen molar-refractivity contribution in [1.82, 2.24) is 9.62 Å². The van der Waals surface area contributed by atoms with E-state index in [4.69, 9.17) is 16.3 Å². The van der Waals surface area contributed by atoms with Crippen LogP contribution in [0.2, 0.25) is 5.02 Å². The van der Waals surface area contributed by atoms with Crippen molar-refractivity contribution in [2.45, 2.75) is 57.4 Å². The van der Waals surface area contributed by atoms with Gasteiger partial charge in [0, 0.05) is 24.2 Å². The number of nitrogens with zero attached hydrogens (tertiary/aromatic N) is 1. The molecular weight excluding hydrogens is 376 g/mol. The van der Waals surface area contributed by atoms with Crippen LogP contribution in [0, 0.1) is 0 Å². The molecule has 6 nitrogen and oxygen atoms in total. The summed E-state index contributed by atoms with van der Waals surface area (Å²) in [5, 5.41) is 3.27. The Morgan fingerprint density at radius 2 is 1.92 bits per heavy atom. The van der Waals surface area contributed by atoms with Crippen LogP contribution in [-0.2, 0) is 20.5 Å². The van der Waals surface area contributed by atoms with Gasteiger partial charge in [-0.1, -0.05) is 30.2 Å². The summed E-state index contributed by atoms with van der Waals surface area (Å²) in [6.45, 7) is 6.08. The zero-order valence-corrected chi connectivity index (χ0v) is 17.1. The van der Waals surface area contributed by atoms with E-state index in [0.29, 0.717) is 17.1 Å². The number of amides is 1. The third kappa shape index (κ3) is 6.45. The van der Waals surface area contributed by atoms with E-state index in [0.717, 1.165) is 19.3 Å². The molecule has 1 amide bonds. The zero-order chi connectivity index (χ0) is 19.4. The van der Waals surface area contributed by atoms with Gasteiger partial charge in [-0.05, 0) is 51.3 Å². The Morgan fingerprint density at radius 3 is 2.54 bits per heavy atom. The van der Waals surface area contributed by atoms with Gasteiger partial charge in [-0.3, -0.25) is 0 Å². The molecule has 26 heavy (non-hydrogen) atoms. The highest BCUT2D eigenvalue weighted by Gasteiger charge is 2.32. The maximum absolute atomic E-state index is 12.9. The number of halogens is 1. The van der Waals surface area contributed by atoms with Crippen molar-refractivity contribution in [2.24, 2.45) is 0 Å². The molecule has 0 spiro atoms.